The van der Waals surface area contributed by atoms with Gasteiger partial charge in [0.15, 0.2) is 23.1 Å². The van der Waals surface area contributed by atoms with Crippen molar-refractivity contribution in [2.45, 2.75) is 6.54 Å². The number of ether oxygens (including phenoxy) is 2. The molecule has 2 aromatic carbocycles. The molecule has 0 unspecified atom stereocenters. The number of benzene rings is 2. The number of nitrogens with two attached hydrogens (primary N) is 1. The zero-order valence-corrected chi connectivity index (χ0v) is 18.5. The lowest BCUT2D eigenvalue weighted by atomic mass is 10.1. The van der Waals surface area contributed by atoms with Gasteiger partial charge in [0, 0.05) is 42.9 Å². The fraction of sp³-hybridized carbons (Fsp3) is 0.273. The molecule has 0 amide bonds. The number of aromatic nitrogens is 2. The summed E-state index contributed by atoms with van der Waals surface area (Å²) in [5.74, 6) is 3.04. The molecule has 9 heteroatoms. The van der Waals surface area contributed by atoms with Crippen LogP contribution in [0.2, 0.25) is 0 Å². The van der Waals surface area contributed by atoms with Crippen molar-refractivity contribution in [3.8, 4) is 11.5 Å². The van der Waals surface area contributed by atoms with Crippen molar-refractivity contribution < 1.29 is 9.47 Å². The van der Waals surface area contributed by atoms with Crippen molar-refractivity contribution >= 4 is 38.9 Å². The molecule has 2 aliphatic rings. The Morgan fingerprint density at radius 2 is 1.84 bits per heavy atom. The third kappa shape index (κ3) is 4.38. The summed E-state index contributed by atoms with van der Waals surface area (Å²) in [6.07, 6.45) is 1.56. The first-order valence-corrected chi connectivity index (χ1v) is 10.9. The molecule has 1 saturated heterocycles. The topological polar surface area (TPSA) is 88.8 Å². The third-order valence-corrected chi connectivity index (χ3v) is 5.96. The smallest absolute Gasteiger partial charge is 0.231 e. The van der Waals surface area contributed by atoms with Crippen LogP contribution in [0.1, 0.15) is 5.56 Å². The molecule has 31 heavy (non-hydrogen) atoms. The Hall–Kier alpha value is -3.04. The van der Waals surface area contributed by atoms with E-state index in [2.05, 4.69) is 53.1 Å². The molecule has 0 aliphatic carbocycles. The molecule has 2 aliphatic heterocycles. The molecule has 1 fully saturated rings. The van der Waals surface area contributed by atoms with E-state index in [1.165, 1.54) is 5.56 Å². The molecule has 5 rings (SSSR count). The van der Waals surface area contributed by atoms with Gasteiger partial charge in [-0.15, -0.1) is 0 Å². The maximum absolute atomic E-state index is 6.43. The van der Waals surface area contributed by atoms with E-state index in [1.807, 2.05) is 30.3 Å². The predicted molar refractivity (Wildman–Crippen MR) is 124 cm³/mol. The largest absolute Gasteiger partial charge is 0.454 e. The van der Waals surface area contributed by atoms with Crippen LogP contribution in [0.5, 0.6) is 11.5 Å². The Bertz CT molecular complexity index is 1090. The molecule has 1 aromatic heterocycles. The molecule has 0 atom stereocenters. The Morgan fingerprint density at radius 1 is 1.00 bits per heavy atom. The zero-order valence-electron chi connectivity index (χ0n) is 16.9. The van der Waals surface area contributed by atoms with Crippen LogP contribution in [0.3, 0.4) is 0 Å². The highest BCUT2D eigenvalue weighted by molar-refractivity contribution is 9.10. The van der Waals surface area contributed by atoms with Crippen LogP contribution < -0.4 is 25.4 Å². The Kier molecular flexibility index (Phi) is 5.52. The summed E-state index contributed by atoms with van der Waals surface area (Å²) >= 11 is 3.48. The number of anilines is 4. The Labute approximate surface area is 189 Å². The van der Waals surface area contributed by atoms with Crippen molar-refractivity contribution in [2.75, 3.05) is 48.9 Å². The van der Waals surface area contributed by atoms with Crippen molar-refractivity contribution in [3.63, 3.8) is 0 Å². The second-order valence-corrected chi connectivity index (χ2v) is 8.46. The summed E-state index contributed by atoms with van der Waals surface area (Å²) < 4.78 is 11.9. The first kappa shape index (κ1) is 19.9. The Balaban J connectivity index is 1.23. The summed E-state index contributed by atoms with van der Waals surface area (Å²) in [5, 5.41) is 3.29. The Morgan fingerprint density at radius 3 is 2.68 bits per heavy atom. The highest BCUT2D eigenvalue weighted by Gasteiger charge is 2.22. The average molecular weight is 483 g/mol. The monoisotopic (exact) mass is 482 g/mol. The minimum Gasteiger partial charge on any atom is -0.454 e. The fourth-order valence-electron chi connectivity index (χ4n) is 3.86. The van der Waals surface area contributed by atoms with Gasteiger partial charge in [0.2, 0.25) is 6.79 Å². The lowest BCUT2D eigenvalue weighted by Crippen LogP contribution is -2.46. The van der Waals surface area contributed by atoms with Gasteiger partial charge in [0.1, 0.15) is 12.0 Å². The van der Waals surface area contributed by atoms with Gasteiger partial charge in [0.05, 0.1) is 0 Å². The summed E-state index contributed by atoms with van der Waals surface area (Å²) in [5.41, 5.74) is 9.13. The summed E-state index contributed by atoms with van der Waals surface area (Å²) in [6.45, 7) is 4.72. The average Bonchev–Trinajstić information content (AvgIpc) is 3.24. The van der Waals surface area contributed by atoms with Gasteiger partial charge in [-0.1, -0.05) is 28.1 Å². The number of hydrogen-bond donors (Lipinski definition) is 2. The summed E-state index contributed by atoms with van der Waals surface area (Å²) in [7, 11) is 0. The van der Waals surface area contributed by atoms with Crippen LogP contribution in [-0.4, -0.2) is 47.8 Å². The third-order valence-electron chi connectivity index (χ3n) is 5.47. The number of rotatable bonds is 5. The van der Waals surface area contributed by atoms with E-state index < -0.39 is 0 Å². The molecule has 8 nitrogen and oxygen atoms in total. The maximum atomic E-state index is 6.43. The van der Waals surface area contributed by atoms with Crippen LogP contribution in [0.4, 0.5) is 23.0 Å². The fourth-order valence-corrected chi connectivity index (χ4v) is 4.26. The van der Waals surface area contributed by atoms with Crippen LogP contribution in [-0.2, 0) is 6.54 Å². The highest BCUT2D eigenvalue weighted by atomic mass is 79.9. The molecule has 3 heterocycles. The first-order chi connectivity index (χ1) is 15.2. The minimum absolute atomic E-state index is 0.302. The second kappa shape index (κ2) is 8.60. The van der Waals surface area contributed by atoms with Gasteiger partial charge in [-0.25, -0.2) is 9.97 Å². The molecule has 0 spiro atoms. The van der Waals surface area contributed by atoms with Gasteiger partial charge in [-0.3, -0.25) is 4.90 Å². The van der Waals surface area contributed by atoms with Crippen LogP contribution in [0, 0.1) is 0 Å². The zero-order chi connectivity index (χ0) is 21.2. The molecule has 3 aromatic rings. The number of nitrogens with one attached hydrogen (secondary N) is 1. The van der Waals surface area contributed by atoms with Gasteiger partial charge in [0.25, 0.3) is 0 Å². The number of hydrogen-bond acceptors (Lipinski definition) is 8. The standard InChI is InChI=1S/C22H23BrN6O2/c23-16-2-1-3-17(11-16)27-21-20(24)22(26-13-25-21)29-8-6-28(7-9-29)12-15-4-5-18-19(10-15)31-14-30-18/h1-5,10-11,13H,6-9,12,14,24H2,(H,25,26,27). The minimum atomic E-state index is 0.302. The molecule has 0 saturated carbocycles. The van der Waals surface area contributed by atoms with Crippen LogP contribution in [0.25, 0.3) is 0 Å². The van der Waals surface area contributed by atoms with E-state index in [-0.39, 0.29) is 0 Å². The van der Waals surface area contributed by atoms with E-state index in [9.17, 15) is 0 Å². The first-order valence-electron chi connectivity index (χ1n) is 10.1. The van der Waals surface area contributed by atoms with E-state index >= 15 is 0 Å². The summed E-state index contributed by atoms with van der Waals surface area (Å²) in [6, 6.07) is 14.0. The number of fused-ring (bicyclic) bond motifs is 1. The summed E-state index contributed by atoms with van der Waals surface area (Å²) in [4.78, 5) is 13.4. The number of nitrogens with zero attached hydrogens (tertiary/aromatic N) is 4. The van der Waals surface area contributed by atoms with E-state index in [0.29, 0.717) is 18.3 Å². The number of halogens is 1. The molecule has 0 radical (unpaired) electrons. The van der Waals surface area contributed by atoms with Gasteiger partial charge >= 0.3 is 0 Å². The lowest BCUT2D eigenvalue weighted by Gasteiger charge is -2.36. The predicted octanol–water partition coefficient (Wildman–Crippen LogP) is 3.62. The molecule has 0 bridgehead atoms. The molecule has 160 valence electrons. The van der Waals surface area contributed by atoms with Crippen molar-refractivity contribution in [1.82, 2.24) is 14.9 Å². The van der Waals surface area contributed by atoms with Crippen molar-refractivity contribution in [1.29, 1.82) is 0 Å². The SMILES string of the molecule is Nc1c(Nc2cccc(Br)c2)ncnc1N1CCN(Cc2ccc3c(c2)OCO3)CC1. The van der Waals surface area contributed by atoms with E-state index in [1.54, 1.807) is 6.33 Å². The van der Waals surface area contributed by atoms with Crippen molar-refractivity contribution in [3.05, 3.63) is 58.8 Å². The number of nitrogen functional groups attached to an aromatic ring is 1. The van der Waals surface area contributed by atoms with Gasteiger partial charge in [-0.2, -0.15) is 0 Å². The van der Waals surface area contributed by atoms with E-state index in [4.69, 9.17) is 15.2 Å². The van der Waals surface area contributed by atoms with Gasteiger partial charge in [-0.05, 0) is 35.9 Å². The molecular weight excluding hydrogens is 460 g/mol. The van der Waals surface area contributed by atoms with Crippen molar-refractivity contribution in [2.24, 2.45) is 0 Å². The quantitative estimate of drug-likeness (QED) is 0.569. The lowest BCUT2D eigenvalue weighted by molar-refractivity contribution is 0.174. The van der Waals surface area contributed by atoms with Gasteiger partial charge < -0.3 is 25.4 Å². The normalized spacial score (nSPS) is 15.8. The highest BCUT2D eigenvalue weighted by Crippen LogP contribution is 2.33. The maximum Gasteiger partial charge on any atom is 0.231 e. The van der Waals surface area contributed by atoms with Crippen LogP contribution >= 0.6 is 15.9 Å². The van der Waals surface area contributed by atoms with Crippen LogP contribution in [0.15, 0.2) is 53.3 Å². The number of piperazine rings is 1. The molecular formula is C22H23BrN6O2. The second-order valence-electron chi connectivity index (χ2n) is 7.55. The molecule has 3 N–H and O–H groups in total. The van der Waals surface area contributed by atoms with E-state index in [0.717, 1.165) is 60.2 Å².